The summed E-state index contributed by atoms with van der Waals surface area (Å²) in [6.07, 6.45) is 5.56. The molecule has 0 N–H and O–H groups in total. The van der Waals surface area contributed by atoms with Crippen molar-refractivity contribution >= 4 is 12.6 Å². The van der Waals surface area contributed by atoms with Gasteiger partial charge in [0.2, 0.25) is 0 Å². The Bertz CT molecular complexity index is 117. The molecule has 0 heterocycles. The maximum absolute atomic E-state index is 4.50. The van der Waals surface area contributed by atoms with Gasteiger partial charge in [0.1, 0.15) is 0 Å². The lowest BCUT2D eigenvalue weighted by Crippen LogP contribution is -2.25. The molecule has 1 atom stereocenters. The van der Waals surface area contributed by atoms with Crippen molar-refractivity contribution in [3.63, 3.8) is 0 Å². The van der Waals surface area contributed by atoms with Gasteiger partial charge in [0.05, 0.1) is 0 Å². The van der Waals surface area contributed by atoms with Gasteiger partial charge >= 0.3 is 0 Å². The smallest absolute Gasteiger partial charge is 0.00167 e. The van der Waals surface area contributed by atoms with E-state index in [2.05, 4.69) is 33.4 Å². The van der Waals surface area contributed by atoms with Gasteiger partial charge in [0, 0.05) is 5.25 Å². The number of thiol groups is 1. The maximum Gasteiger partial charge on any atom is 0.00167 e. The predicted molar refractivity (Wildman–Crippen MR) is 54.2 cm³/mol. The van der Waals surface area contributed by atoms with Crippen molar-refractivity contribution in [1.82, 2.24) is 0 Å². The van der Waals surface area contributed by atoms with Gasteiger partial charge < -0.3 is 0 Å². The standard InChI is InChI=1S/C10H20S/c1-8(11)9-4-6-10(2,3)7-5-9/h8-9,11H,4-7H2,1-3H3. The van der Waals surface area contributed by atoms with Crippen molar-refractivity contribution in [2.24, 2.45) is 11.3 Å². The van der Waals surface area contributed by atoms with E-state index in [-0.39, 0.29) is 0 Å². The second kappa shape index (κ2) is 3.38. The Morgan fingerprint density at radius 1 is 1.27 bits per heavy atom. The van der Waals surface area contributed by atoms with Crippen LogP contribution in [0.2, 0.25) is 0 Å². The summed E-state index contributed by atoms with van der Waals surface area (Å²) in [5.74, 6) is 0.881. The fourth-order valence-electron chi connectivity index (χ4n) is 1.90. The number of hydrogen-bond acceptors (Lipinski definition) is 1. The Labute approximate surface area is 76.2 Å². The molecule has 1 heteroatoms. The first kappa shape index (κ1) is 9.44. The summed E-state index contributed by atoms with van der Waals surface area (Å²) in [4.78, 5) is 0. The highest BCUT2D eigenvalue weighted by Gasteiger charge is 2.28. The first-order valence-corrected chi connectivity index (χ1v) is 5.21. The molecule has 66 valence electrons. The van der Waals surface area contributed by atoms with Crippen molar-refractivity contribution in [1.29, 1.82) is 0 Å². The van der Waals surface area contributed by atoms with E-state index in [1.54, 1.807) is 0 Å². The van der Waals surface area contributed by atoms with Crippen LogP contribution < -0.4 is 0 Å². The molecule has 0 bridgehead atoms. The quantitative estimate of drug-likeness (QED) is 0.575. The molecule has 0 aromatic rings. The molecule has 1 aliphatic carbocycles. The van der Waals surface area contributed by atoms with Gasteiger partial charge in [-0.3, -0.25) is 0 Å². The minimum absolute atomic E-state index is 0.603. The summed E-state index contributed by atoms with van der Waals surface area (Å²) >= 11 is 4.50. The largest absolute Gasteiger partial charge is 0.176 e. The summed E-state index contributed by atoms with van der Waals surface area (Å²) < 4.78 is 0. The molecule has 0 aliphatic heterocycles. The number of rotatable bonds is 1. The van der Waals surface area contributed by atoms with Crippen LogP contribution in [0.5, 0.6) is 0 Å². The minimum atomic E-state index is 0.603. The molecule has 0 radical (unpaired) electrons. The van der Waals surface area contributed by atoms with Crippen molar-refractivity contribution in [2.45, 2.75) is 51.7 Å². The SMILES string of the molecule is CC(S)C1CCC(C)(C)CC1. The van der Waals surface area contributed by atoms with Crippen molar-refractivity contribution in [2.75, 3.05) is 0 Å². The highest BCUT2D eigenvalue weighted by atomic mass is 32.1. The van der Waals surface area contributed by atoms with Crippen LogP contribution >= 0.6 is 12.6 Å². The molecule has 0 aromatic heterocycles. The highest BCUT2D eigenvalue weighted by Crippen LogP contribution is 2.39. The lowest BCUT2D eigenvalue weighted by Gasteiger charge is -2.35. The summed E-state index contributed by atoms with van der Waals surface area (Å²) in [5, 5.41) is 0.603. The predicted octanol–water partition coefficient (Wildman–Crippen LogP) is 3.52. The van der Waals surface area contributed by atoms with Gasteiger partial charge in [-0.05, 0) is 37.0 Å². The summed E-state index contributed by atoms with van der Waals surface area (Å²) in [5.41, 5.74) is 0.610. The summed E-state index contributed by atoms with van der Waals surface area (Å²) in [6.45, 7) is 6.99. The van der Waals surface area contributed by atoms with E-state index < -0.39 is 0 Å². The van der Waals surface area contributed by atoms with E-state index in [0.717, 1.165) is 5.92 Å². The Morgan fingerprint density at radius 2 is 1.73 bits per heavy atom. The van der Waals surface area contributed by atoms with Crippen LogP contribution in [-0.4, -0.2) is 5.25 Å². The summed E-state index contributed by atoms with van der Waals surface area (Å²) in [6, 6.07) is 0. The third-order valence-corrected chi connectivity index (χ3v) is 3.49. The minimum Gasteiger partial charge on any atom is -0.176 e. The van der Waals surface area contributed by atoms with Crippen molar-refractivity contribution < 1.29 is 0 Å². The summed E-state index contributed by atoms with van der Waals surface area (Å²) in [7, 11) is 0. The van der Waals surface area contributed by atoms with Gasteiger partial charge in [-0.15, -0.1) is 0 Å². The monoisotopic (exact) mass is 172 g/mol. The lowest BCUT2D eigenvalue weighted by atomic mass is 9.72. The first-order chi connectivity index (χ1) is 5.01. The Kier molecular flexibility index (Phi) is 2.90. The fourth-order valence-corrected chi connectivity index (χ4v) is 2.20. The molecule has 1 saturated carbocycles. The average molecular weight is 172 g/mol. The zero-order valence-electron chi connectivity index (χ0n) is 7.93. The van der Waals surface area contributed by atoms with Gasteiger partial charge in [0.25, 0.3) is 0 Å². The van der Waals surface area contributed by atoms with Gasteiger partial charge in [0.15, 0.2) is 0 Å². The second-order valence-electron chi connectivity index (χ2n) is 4.74. The molecule has 1 fully saturated rings. The third kappa shape index (κ3) is 2.70. The van der Waals surface area contributed by atoms with Crippen LogP contribution in [-0.2, 0) is 0 Å². The lowest BCUT2D eigenvalue weighted by molar-refractivity contribution is 0.192. The average Bonchev–Trinajstić information content (AvgIpc) is 1.86. The van der Waals surface area contributed by atoms with Crippen LogP contribution in [0.1, 0.15) is 46.5 Å². The van der Waals surface area contributed by atoms with E-state index in [0.29, 0.717) is 10.7 Å². The Hall–Kier alpha value is 0.350. The molecule has 0 amide bonds. The van der Waals surface area contributed by atoms with Gasteiger partial charge in [-0.1, -0.05) is 20.8 Å². The van der Waals surface area contributed by atoms with E-state index in [1.807, 2.05) is 0 Å². The van der Waals surface area contributed by atoms with E-state index >= 15 is 0 Å². The van der Waals surface area contributed by atoms with Crippen LogP contribution in [0, 0.1) is 11.3 Å². The molecule has 0 saturated heterocycles. The highest BCUT2D eigenvalue weighted by molar-refractivity contribution is 7.80. The molecular formula is C10H20S. The fraction of sp³-hybridized carbons (Fsp3) is 1.00. The zero-order chi connectivity index (χ0) is 8.48. The number of hydrogen-bond donors (Lipinski definition) is 1. The normalized spacial score (nSPS) is 28.4. The Morgan fingerprint density at radius 3 is 2.09 bits per heavy atom. The van der Waals surface area contributed by atoms with Crippen LogP contribution in [0.4, 0.5) is 0 Å². The van der Waals surface area contributed by atoms with E-state index in [1.165, 1.54) is 25.7 Å². The third-order valence-electron chi connectivity index (χ3n) is 3.07. The van der Waals surface area contributed by atoms with Gasteiger partial charge in [-0.2, -0.15) is 12.6 Å². The molecule has 1 rings (SSSR count). The van der Waals surface area contributed by atoms with E-state index in [9.17, 15) is 0 Å². The zero-order valence-corrected chi connectivity index (χ0v) is 8.82. The topological polar surface area (TPSA) is 0 Å². The Balaban J connectivity index is 2.36. The van der Waals surface area contributed by atoms with Crippen molar-refractivity contribution in [3.05, 3.63) is 0 Å². The molecule has 11 heavy (non-hydrogen) atoms. The second-order valence-corrected chi connectivity index (χ2v) is 5.56. The maximum atomic E-state index is 4.50. The molecule has 0 spiro atoms. The van der Waals surface area contributed by atoms with Crippen LogP contribution in [0.25, 0.3) is 0 Å². The van der Waals surface area contributed by atoms with Crippen LogP contribution in [0.15, 0.2) is 0 Å². The van der Waals surface area contributed by atoms with E-state index in [4.69, 9.17) is 0 Å². The van der Waals surface area contributed by atoms with Crippen molar-refractivity contribution in [3.8, 4) is 0 Å². The molecule has 1 aliphatic rings. The van der Waals surface area contributed by atoms with Crippen LogP contribution in [0.3, 0.4) is 0 Å². The molecule has 1 unspecified atom stereocenters. The first-order valence-electron chi connectivity index (χ1n) is 4.69. The molecule has 0 aromatic carbocycles. The molecule has 0 nitrogen and oxygen atoms in total. The molecular weight excluding hydrogens is 152 g/mol. The van der Waals surface area contributed by atoms with Gasteiger partial charge in [-0.25, -0.2) is 0 Å².